The molecule has 6 unspecified atom stereocenters. The van der Waals surface area contributed by atoms with Gasteiger partial charge in [-0.05, 0) is 82.4 Å². The van der Waals surface area contributed by atoms with Crippen molar-refractivity contribution >= 4 is 46.3 Å². The van der Waals surface area contributed by atoms with E-state index >= 15 is 4.79 Å². The number of carbonyl (C=O) groups excluding carboxylic acids is 3. The van der Waals surface area contributed by atoms with E-state index in [1.807, 2.05) is 60.7 Å². The van der Waals surface area contributed by atoms with Crippen molar-refractivity contribution in [2.45, 2.75) is 42.8 Å². The van der Waals surface area contributed by atoms with Gasteiger partial charge in [0.2, 0.25) is 5.91 Å². The molecule has 3 aliphatic heterocycles. The van der Waals surface area contributed by atoms with Crippen LogP contribution < -0.4 is 9.64 Å². The molecule has 2 amide bonds. The highest BCUT2D eigenvalue weighted by atomic mass is 16.6. The summed E-state index contributed by atoms with van der Waals surface area (Å²) in [6.07, 6.45) is -2.17. The Labute approximate surface area is 393 Å². The van der Waals surface area contributed by atoms with E-state index in [0.29, 0.717) is 33.3 Å². The molecule has 17 heteroatoms. The van der Waals surface area contributed by atoms with E-state index in [4.69, 9.17) is 14.2 Å². The van der Waals surface area contributed by atoms with E-state index < -0.39 is 71.0 Å². The van der Waals surface area contributed by atoms with Gasteiger partial charge in [0, 0.05) is 17.7 Å². The van der Waals surface area contributed by atoms with Crippen molar-refractivity contribution in [3.8, 4) is 17.6 Å². The minimum Gasteiger partial charge on any atom is -0.491 e. The molecule has 2 saturated heterocycles. The summed E-state index contributed by atoms with van der Waals surface area (Å²) in [6.45, 7) is -0.686. The van der Waals surface area contributed by atoms with Gasteiger partial charge in [-0.3, -0.25) is 29.4 Å². The van der Waals surface area contributed by atoms with Gasteiger partial charge in [-0.15, -0.1) is 5.10 Å². The fourth-order valence-corrected chi connectivity index (χ4v) is 10.1. The van der Waals surface area contributed by atoms with Gasteiger partial charge < -0.3 is 24.4 Å². The average Bonchev–Trinajstić information content (AvgIpc) is 4.01. The van der Waals surface area contributed by atoms with Crippen LogP contribution in [0.2, 0.25) is 0 Å². The van der Waals surface area contributed by atoms with E-state index in [-0.39, 0.29) is 42.4 Å². The first-order valence-corrected chi connectivity index (χ1v) is 21.9. The highest BCUT2D eigenvalue weighted by Gasteiger charge is 2.76. The lowest BCUT2D eigenvalue weighted by atomic mass is 9.65. The van der Waals surface area contributed by atoms with Gasteiger partial charge in [0.25, 0.3) is 5.69 Å². The normalized spacial score (nSPS) is 21.5. The predicted octanol–water partition coefficient (Wildman–Crippen LogP) is 6.85. The summed E-state index contributed by atoms with van der Waals surface area (Å²) < 4.78 is 19.7. The number of imide groups is 1. The fraction of sp³-hybridized carbons (Fsp3) is 0.192. The number of non-ortho nitro benzene ring substituents is 1. The number of hydrogen-bond acceptors (Lipinski definition) is 13. The Hall–Kier alpha value is -8.72. The van der Waals surface area contributed by atoms with Crippen LogP contribution in [0, 0.1) is 27.9 Å². The number of carboxylic acids is 1. The number of carbonyl (C=O) groups is 4. The first-order chi connectivity index (χ1) is 33.6. The number of aliphatic hydroxyl groups is 1. The number of esters is 1. The van der Waals surface area contributed by atoms with Gasteiger partial charge in [0.05, 0.1) is 34.8 Å². The molecule has 3 aliphatic rings. The number of nitrogens with zero attached hydrogens (tertiary/aromatic N) is 6. The average molecular weight is 925 g/mol. The summed E-state index contributed by atoms with van der Waals surface area (Å²) in [5, 5.41) is 41.2. The minimum atomic E-state index is -2.29. The van der Waals surface area contributed by atoms with Crippen LogP contribution in [0.4, 0.5) is 16.2 Å². The van der Waals surface area contributed by atoms with E-state index in [9.17, 15) is 34.7 Å². The molecule has 0 bridgehead atoms. The maximum Gasteiger partial charge on any atom is 0.421 e. The molecule has 6 atom stereocenters. The molecule has 10 rings (SSSR count). The molecular formula is C52H40N6O11. The monoisotopic (exact) mass is 924 g/mol. The van der Waals surface area contributed by atoms with E-state index in [0.717, 1.165) is 10.4 Å². The van der Waals surface area contributed by atoms with E-state index in [2.05, 4.69) is 22.2 Å². The lowest BCUT2D eigenvalue weighted by Crippen LogP contribution is -2.53. The first kappa shape index (κ1) is 44.1. The number of amides is 2. The molecule has 0 radical (unpaired) electrons. The molecule has 69 heavy (non-hydrogen) atoms. The van der Waals surface area contributed by atoms with Gasteiger partial charge in [0.1, 0.15) is 54.5 Å². The quantitative estimate of drug-likeness (QED) is 0.0587. The number of aliphatic hydroxyl groups excluding tert-OH is 1. The Bertz CT molecular complexity index is 3210. The van der Waals surface area contributed by atoms with Crippen molar-refractivity contribution in [3.63, 3.8) is 0 Å². The van der Waals surface area contributed by atoms with E-state index in [1.54, 1.807) is 70.2 Å². The number of cyclic esters (lactones) is 1. The number of carboxylic acid groups (broad SMARTS) is 1. The molecule has 6 aromatic carbocycles. The van der Waals surface area contributed by atoms with Crippen molar-refractivity contribution in [2.24, 2.45) is 5.92 Å². The Morgan fingerprint density at radius 2 is 1.54 bits per heavy atom. The second kappa shape index (κ2) is 18.2. The van der Waals surface area contributed by atoms with Gasteiger partial charge in [0.15, 0.2) is 0 Å². The number of rotatable bonds is 11. The molecule has 1 spiro atoms. The second-order valence-corrected chi connectivity index (χ2v) is 16.6. The van der Waals surface area contributed by atoms with Gasteiger partial charge >= 0.3 is 18.0 Å². The zero-order valence-electron chi connectivity index (χ0n) is 36.4. The van der Waals surface area contributed by atoms with Crippen LogP contribution in [0.5, 0.6) is 5.75 Å². The predicted molar refractivity (Wildman–Crippen MR) is 246 cm³/mol. The summed E-state index contributed by atoms with van der Waals surface area (Å²) >= 11 is 0. The lowest BCUT2D eigenvalue weighted by Gasteiger charge is -2.46. The summed E-state index contributed by atoms with van der Waals surface area (Å²) in [4.78, 5) is 73.5. The van der Waals surface area contributed by atoms with Crippen molar-refractivity contribution in [1.82, 2.24) is 19.9 Å². The molecular weight excluding hydrogens is 885 g/mol. The number of hydrogen-bond donors (Lipinski definition) is 2. The number of aromatic nitrogens is 3. The summed E-state index contributed by atoms with van der Waals surface area (Å²) in [5.74, 6) is 1.23. The van der Waals surface area contributed by atoms with Gasteiger partial charge in [-0.2, -0.15) is 0 Å². The largest absolute Gasteiger partial charge is 0.491 e. The third-order valence-corrected chi connectivity index (χ3v) is 12.8. The number of nitro benzene ring substituents is 1. The number of para-hydroxylation sites is 1. The molecule has 2 fully saturated rings. The Morgan fingerprint density at radius 1 is 0.826 bits per heavy atom. The number of benzene rings is 6. The molecule has 1 aromatic heterocycles. The highest BCUT2D eigenvalue weighted by molar-refractivity contribution is 6.23. The number of anilines is 1. The van der Waals surface area contributed by atoms with Crippen molar-refractivity contribution < 1.29 is 48.5 Å². The smallest absolute Gasteiger partial charge is 0.421 e. The van der Waals surface area contributed by atoms with Crippen LogP contribution in [0.25, 0.3) is 11.0 Å². The molecule has 0 saturated carbocycles. The van der Waals surface area contributed by atoms with Crippen molar-refractivity contribution in [2.75, 3.05) is 18.1 Å². The summed E-state index contributed by atoms with van der Waals surface area (Å²) in [6, 6.07) is 38.3. The number of morpholine rings is 1. The Morgan fingerprint density at radius 3 is 2.26 bits per heavy atom. The van der Waals surface area contributed by atoms with Gasteiger partial charge in [-0.25, -0.2) is 14.4 Å². The number of ether oxygens (including phenoxy) is 3. The maximum atomic E-state index is 16.2. The number of fused-ring (bicyclic) bond motifs is 4. The third kappa shape index (κ3) is 7.67. The molecule has 17 nitrogen and oxygen atoms in total. The SMILES string of the molecule is O=C1OC(c2ccccc2)C(c2ccccc2)N2C1C(C(=O)O)C1(C(=O)N(C(=O)OCc3ccc([N+](=O)[O-])cc3)c3ccc(C#CCn4nnc5ccccc54)cc31)C2c1cccc(OCCO)c1. The zero-order valence-corrected chi connectivity index (χ0v) is 36.4. The van der Waals surface area contributed by atoms with Crippen molar-refractivity contribution in [3.05, 3.63) is 195 Å². The minimum absolute atomic E-state index is 0.00506. The maximum absolute atomic E-state index is 16.2. The molecule has 344 valence electrons. The fourth-order valence-electron chi connectivity index (χ4n) is 10.1. The standard InChI is InChI=1S/C52H40N6O11/c59-27-28-67-38-17-9-16-36(30-38)47-52(43(48(60)61)45-49(62)69-46(35-14-5-2-6-15-35)44(57(45)47)34-12-3-1-4-13-34)39-29-32(11-10-26-55-42-19-8-7-18-40(42)53-54-55)22-25-41(39)56(50(52)63)51(64)68-31-33-20-23-37(24-21-33)58(65)66/h1-9,12-25,29-30,43-47,59H,26-28,31H2,(H,60,61). The van der Waals surface area contributed by atoms with Crippen LogP contribution in [0.15, 0.2) is 152 Å². The van der Waals surface area contributed by atoms with Crippen molar-refractivity contribution in [1.29, 1.82) is 0 Å². The lowest BCUT2D eigenvalue weighted by molar-refractivity contribution is -0.384. The number of aliphatic carboxylic acids is 1. The Balaban J connectivity index is 1.19. The van der Waals surface area contributed by atoms with Crippen LogP contribution in [0.3, 0.4) is 0 Å². The molecule has 0 aliphatic carbocycles. The Kier molecular flexibility index (Phi) is 11.6. The molecule has 4 heterocycles. The van der Waals surface area contributed by atoms with Crippen LogP contribution >= 0.6 is 0 Å². The first-order valence-electron chi connectivity index (χ1n) is 21.9. The van der Waals surface area contributed by atoms with Gasteiger partial charge in [-0.1, -0.05) is 102 Å². The third-order valence-electron chi connectivity index (χ3n) is 12.8. The molecule has 7 aromatic rings. The topological polar surface area (TPSA) is 217 Å². The summed E-state index contributed by atoms with van der Waals surface area (Å²) in [5.41, 5.74) is 1.38. The highest BCUT2D eigenvalue weighted by Crippen LogP contribution is 2.66. The molecule has 2 N–H and O–H groups in total. The summed E-state index contributed by atoms with van der Waals surface area (Å²) in [7, 11) is 0. The zero-order chi connectivity index (χ0) is 47.8. The van der Waals surface area contributed by atoms with Crippen LogP contribution in [0.1, 0.15) is 51.6 Å². The van der Waals surface area contributed by atoms with E-state index in [1.165, 1.54) is 30.3 Å². The second-order valence-electron chi connectivity index (χ2n) is 16.6. The van der Waals surface area contributed by atoms with Crippen LogP contribution in [-0.2, 0) is 42.4 Å². The van der Waals surface area contributed by atoms with Crippen LogP contribution in [-0.4, -0.2) is 78.2 Å². The number of nitro groups is 1.